The van der Waals surface area contributed by atoms with Crippen LogP contribution in [0.3, 0.4) is 0 Å². The van der Waals surface area contributed by atoms with Crippen LogP contribution in [0.5, 0.6) is 0 Å². The molecule has 114 valence electrons. The molecule has 0 aromatic heterocycles. The molecule has 0 radical (unpaired) electrons. The van der Waals surface area contributed by atoms with E-state index in [1.165, 1.54) is 6.08 Å². The van der Waals surface area contributed by atoms with Crippen LogP contribution in [-0.4, -0.2) is 14.3 Å². The van der Waals surface area contributed by atoms with Crippen molar-refractivity contribution in [1.29, 1.82) is 0 Å². The third kappa shape index (κ3) is 5.41. The fourth-order valence-electron chi connectivity index (χ4n) is 2.87. The van der Waals surface area contributed by atoms with Crippen molar-refractivity contribution >= 4 is 30.2 Å². The molecule has 2 nitrogen and oxygen atoms in total. The lowest BCUT2D eigenvalue weighted by atomic mass is 10.4. The van der Waals surface area contributed by atoms with E-state index in [1.807, 2.05) is 18.2 Å². The highest BCUT2D eigenvalue weighted by Gasteiger charge is 2.47. The summed E-state index contributed by atoms with van der Waals surface area (Å²) < 4.78 is 5.98. The van der Waals surface area contributed by atoms with Gasteiger partial charge in [-0.2, -0.15) is 0 Å². The van der Waals surface area contributed by atoms with Gasteiger partial charge in [0.15, 0.2) is 0 Å². The van der Waals surface area contributed by atoms with Crippen molar-refractivity contribution in [2.45, 2.75) is 58.2 Å². The number of carbonyl (C=O) groups excluding carboxylic acids is 1. The molecule has 0 amide bonds. The second kappa shape index (κ2) is 9.35. The highest BCUT2D eigenvalue weighted by molar-refractivity contribution is 9.11. The SMILES string of the molecule is CC(C)[Si](OC(=O)/C=C/C=C/C=C/Br)(C(C)C)C(C)C. The van der Waals surface area contributed by atoms with E-state index in [9.17, 15) is 4.79 Å². The summed E-state index contributed by atoms with van der Waals surface area (Å²) in [6.07, 6.45) is 8.72. The first-order chi connectivity index (χ1) is 9.28. The maximum absolute atomic E-state index is 12.1. The van der Waals surface area contributed by atoms with Crippen LogP contribution in [0.4, 0.5) is 0 Å². The monoisotopic (exact) mass is 358 g/mol. The van der Waals surface area contributed by atoms with E-state index < -0.39 is 8.32 Å². The van der Waals surface area contributed by atoms with E-state index in [4.69, 9.17) is 4.43 Å². The molecule has 0 spiro atoms. The van der Waals surface area contributed by atoms with Crippen molar-refractivity contribution in [2.24, 2.45) is 0 Å². The molecule has 20 heavy (non-hydrogen) atoms. The van der Waals surface area contributed by atoms with Gasteiger partial charge in [-0.1, -0.05) is 81.8 Å². The van der Waals surface area contributed by atoms with Gasteiger partial charge in [0, 0.05) is 6.08 Å². The van der Waals surface area contributed by atoms with Gasteiger partial charge in [0.25, 0.3) is 8.32 Å². The summed E-state index contributed by atoms with van der Waals surface area (Å²) in [5.74, 6) is -0.222. The first kappa shape index (κ1) is 19.4. The van der Waals surface area contributed by atoms with E-state index in [2.05, 4.69) is 57.5 Å². The Kier molecular flexibility index (Phi) is 9.06. The van der Waals surface area contributed by atoms with Crippen molar-refractivity contribution in [3.63, 3.8) is 0 Å². The molecule has 0 aliphatic carbocycles. The summed E-state index contributed by atoms with van der Waals surface area (Å²) >= 11 is 3.18. The quantitative estimate of drug-likeness (QED) is 0.330. The fourth-order valence-corrected chi connectivity index (χ4v) is 8.17. The van der Waals surface area contributed by atoms with Crippen molar-refractivity contribution in [3.8, 4) is 0 Å². The zero-order valence-corrected chi connectivity index (χ0v) is 16.0. The molecule has 0 rings (SSSR count). The number of halogens is 1. The second-order valence-corrected chi connectivity index (χ2v) is 11.7. The summed E-state index contributed by atoms with van der Waals surface area (Å²) in [7, 11) is -2.11. The van der Waals surface area contributed by atoms with Gasteiger partial charge < -0.3 is 4.43 Å². The third-order valence-corrected chi connectivity index (χ3v) is 9.90. The van der Waals surface area contributed by atoms with E-state index >= 15 is 0 Å². The molecular weight excluding hydrogens is 332 g/mol. The molecule has 0 aliphatic heterocycles. The summed E-state index contributed by atoms with van der Waals surface area (Å²) in [5.41, 5.74) is 1.23. The van der Waals surface area contributed by atoms with Gasteiger partial charge in [0.2, 0.25) is 0 Å². The molecule has 0 N–H and O–H groups in total. The van der Waals surface area contributed by atoms with Crippen molar-refractivity contribution in [3.05, 3.63) is 35.4 Å². The number of rotatable bonds is 7. The summed E-state index contributed by atoms with van der Waals surface area (Å²) in [5, 5.41) is 0. The van der Waals surface area contributed by atoms with Gasteiger partial charge in [-0.15, -0.1) is 0 Å². The van der Waals surface area contributed by atoms with Crippen LogP contribution >= 0.6 is 15.9 Å². The normalized spacial score (nSPS) is 13.7. The number of hydrogen-bond acceptors (Lipinski definition) is 2. The average Bonchev–Trinajstić information content (AvgIpc) is 2.34. The minimum atomic E-state index is -2.11. The van der Waals surface area contributed by atoms with Crippen molar-refractivity contribution in [1.82, 2.24) is 0 Å². The van der Waals surface area contributed by atoms with Gasteiger partial charge in [-0.05, 0) is 21.6 Å². The topological polar surface area (TPSA) is 26.3 Å². The molecule has 0 fully saturated rings. The van der Waals surface area contributed by atoms with Crippen LogP contribution < -0.4 is 0 Å². The molecule has 0 aromatic rings. The molecule has 4 heteroatoms. The van der Waals surface area contributed by atoms with Gasteiger partial charge in [-0.25, -0.2) is 4.79 Å². The maximum Gasteiger partial charge on any atom is 0.317 e. The van der Waals surface area contributed by atoms with Gasteiger partial charge in [-0.3, -0.25) is 0 Å². The lowest BCUT2D eigenvalue weighted by Crippen LogP contribution is -2.49. The first-order valence-electron chi connectivity index (χ1n) is 7.12. The Balaban J connectivity index is 4.96. The minimum absolute atomic E-state index is 0.222. The van der Waals surface area contributed by atoms with Crippen LogP contribution in [0.25, 0.3) is 0 Å². The summed E-state index contributed by atoms with van der Waals surface area (Å²) in [4.78, 5) is 13.8. The van der Waals surface area contributed by atoms with E-state index in [0.717, 1.165) is 0 Å². The number of carbonyl (C=O) groups is 1. The van der Waals surface area contributed by atoms with E-state index in [0.29, 0.717) is 16.6 Å². The predicted octanol–water partition coefficient (Wildman–Crippen LogP) is 5.73. The molecule has 0 heterocycles. The molecule has 0 unspecified atom stereocenters. The Morgan fingerprint density at radius 3 is 1.75 bits per heavy atom. The van der Waals surface area contributed by atoms with Crippen LogP contribution in [0.15, 0.2) is 35.4 Å². The van der Waals surface area contributed by atoms with E-state index in [1.54, 1.807) is 11.1 Å². The summed E-state index contributed by atoms with van der Waals surface area (Å²) in [6.45, 7) is 13.0. The molecule has 0 bridgehead atoms. The second-order valence-electron chi connectivity index (χ2n) is 5.80. The average molecular weight is 359 g/mol. The zero-order chi connectivity index (χ0) is 15.8. The summed E-state index contributed by atoms with van der Waals surface area (Å²) in [6, 6.07) is 0. The first-order valence-corrected chi connectivity index (χ1v) is 10.2. The smallest absolute Gasteiger partial charge is 0.317 e. The van der Waals surface area contributed by atoms with Gasteiger partial charge in [0.05, 0.1) is 0 Å². The van der Waals surface area contributed by atoms with Crippen LogP contribution in [0.1, 0.15) is 41.5 Å². The zero-order valence-electron chi connectivity index (χ0n) is 13.4. The van der Waals surface area contributed by atoms with Gasteiger partial charge in [0.1, 0.15) is 0 Å². The highest BCUT2D eigenvalue weighted by atomic mass is 79.9. The standard InChI is InChI=1S/C16H27BrO2Si/c1-13(2)20(14(3)4,15(5)6)19-16(18)11-9-7-8-10-12-17/h7-15H,1-6H3/b8-7+,11-9+,12-10+. The highest BCUT2D eigenvalue weighted by Crippen LogP contribution is 2.42. The van der Waals surface area contributed by atoms with Gasteiger partial charge >= 0.3 is 5.97 Å². The minimum Gasteiger partial charge on any atom is -0.515 e. The molecule has 0 atom stereocenters. The number of hydrogen-bond donors (Lipinski definition) is 0. The predicted molar refractivity (Wildman–Crippen MR) is 93.5 cm³/mol. The lowest BCUT2D eigenvalue weighted by Gasteiger charge is -2.40. The van der Waals surface area contributed by atoms with E-state index in [-0.39, 0.29) is 5.97 Å². The molecule has 0 aliphatic rings. The largest absolute Gasteiger partial charge is 0.515 e. The Morgan fingerprint density at radius 1 is 0.900 bits per heavy atom. The van der Waals surface area contributed by atoms with Crippen molar-refractivity contribution < 1.29 is 9.22 Å². The molecule has 0 saturated heterocycles. The Hall–Kier alpha value is -0.613. The molecule has 0 aromatic carbocycles. The van der Waals surface area contributed by atoms with Crippen LogP contribution in [0, 0.1) is 0 Å². The Labute approximate surface area is 133 Å². The Morgan fingerprint density at radius 2 is 1.35 bits per heavy atom. The van der Waals surface area contributed by atoms with Crippen LogP contribution in [-0.2, 0) is 9.22 Å². The molecular formula is C16H27BrO2Si. The lowest BCUT2D eigenvalue weighted by molar-refractivity contribution is -0.130. The third-order valence-electron chi connectivity index (χ3n) is 3.62. The molecule has 0 saturated carbocycles. The van der Waals surface area contributed by atoms with Crippen LogP contribution in [0.2, 0.25) is 16.6 Å². The number of allylic oxidation sites excluding steroid dienone is 4. The maximum atomic E-state index is 12.1. The Bertz CT molecular complexity index is 360. The fraction of sp³-hybridized carbons (Fsp3) is 0.562. The van der Waals surface area contributed by atoms with Crippen molar-refractivity contribution in [2.75, 3.05) is 0 Å².